The molecule has 1 aromatic rings. The van der Waals surface area contributed by atoms with Gasteiger partial charge in [0.05, 0.1) is 13.7 Å². The number of ether oxygens (including phenoxy) is 2. The molecule has 1 aliphatic rings. The molecule has 2 rings (SSSR count). The third-order valence-corrected chi connectivity index (χ3v) is 2.97. The van der Waals surface area contributed by atoms with Crippen LogP contribution in [0.5, 0.6) is 11.5 Å². The Kier molecular flexibility index (Phi) is 4.45. The van der Waals surface area contributed by atoms with E-state index in [0.717, 1.165) is 12.8 Å². The third-order valence-electron chi connectivity index (χ3n) is 2.97. The molecule has 6 heteroatoms. The minimum absolute atomic E-state index is 0.0465. The van der Waals surface area contributed by atoms with Crippen LogP contribution in [0.4, 0.5) is 0 Å². The maximum atomic E-state index is 11.9. The number of hydrazine groups is 1. The molecule has 0 radical (unpaired) electrons. The highest BCUT2D eigenvalue weighted by molar-refractivity contribution is 5.96. The van der Waals surface area contributed by atoms with Crippen molar-refractivity contribution in [2.75, 3.05) is 13.7 Å². The summed E-state index contributed by atoms with van der Waals surface area (Å²) in [5, 5.41) is 0. The molecule has 1 saturated carbocycles. The van der Waals surface area contributed by atoms with Crippen molar-refractivity contribution in [1.29, 1.82) is 0 Å². The first-order chi connectivity index (χ1) is 9.65. The first-order valence-electron chi connectivity index (χ1n) is 6.56. The molecular weight excluding hydrogens is 260 g/mol. The molecule has 2 N–H and O–H groups in total. The van der Waals surface area contributed by atoms with Crippen LogP contribution >= 0.6 is 0 Å². The van der Waals surface area contributed by atoms with Crippen LogP contribution in [0.1, 0.15) is 30.1 Å². The largest absolute Gasteiger partial charge is 0.493 e. The van der Waals surface area contributed by atoms with Crippen molar-refractivity contribution in [3.8, 4) is 11.5 Å². The second kappa shape index (κ2) is 6.27. The zero-order chi connectivity index (χ0) is 14.5. The predicted octanol–water partition coefficient (Wildman–Crippen LogP) is 1.26. The molecule has 0 saturated heterocycles. The van der Waals surface area contributed by atoms with Crippen molar-refractivity contribution < 1.29 is 19.1 Å². The van der Waals surface area contributed by atoms with Gasteiger partial charge >= 0.3 is 0 Å². The van der Waals surface area contributed by atoms with Crippen LogP contribution in [-0.2, 0) is 4.79 Å². The molecule has 0 aliphatic heterocycles. The summed E-state index contributed by atoms with van der Waals surface area (Å²) in [5.41, 5.74) is 5.19. The summed E-state index contributed by atoms with van der Waals surface area (Å²) < 4.78 is 10.5. The van der Waals surface area contributed by atoms with Crippen LogP contribution in [0.15, 0.2) is 18.2 Å². The summed E-state index contributed by atoms with van der Waals surface area (Å²) in [5.74, 6) is 0.573. The predicted molar refractivity (Wildman–Crippen MR) is 72.5 cm³/mol. The number of amides is 2. The van der Waals surface area contributed by atoms with Crippen LogP contribution < -0.4 is 20.3 Å². The lowest BCUT2D eigenvalue weighted by Gasteiger charge is -2.11. The maximum Gasteiger partial charge on any atom is 0.269 e. The monoisotopic (exact) mass is 278 g/mol. The average Bonchev–Trinajstić information content (AvgIpc) is 3.29. The van der Waals surface area contributed by atoms with Gasteiger partial charge in [-0.05, 0) is 38.0 Å². The number of hydrogen-bond acceptors (Lipinski definition) is 4. The van der Waals surface area contributed by atoms with E-state index in [4.69, 9.17) is 9.47 Å². The van der Waals surface area contributed by atoms with Gasteiger partial charge in [-0.2, -0.15) is 0 Å². The van der Waals surface area contributed by atoms with Gasteiger partial charge in [-0.25, -0.2) is 0 Å². The fourth-order valence-corrected chi connectivity index (χ4v) is 1.72. The van der Waals surface area contributed by atoms with E-state index < -0.39 is 0 Å². The summed E-state index contributed by atoms with van der Waals surface area (Å²) in [6.07, 6.45) is 1.77. The lowest BCUT2D eigenvalue weighted by molar-refractivity contribution is -0.123. The Balaban J connectivity index is 1.99. The summed E-state index contributed by atoms with van der Waals surface area (Å²) in [6.45, 7) is 2.38. The zero-order valence-electron chi connectivity index (χ0n) is 11.6. The Morgan fingerprint density at radius 1 is 1.25 bits per heavy atom. The Bertz CT molecular complexity index is 512. The highest BCUT2D eigenvalue weighted by atomic mass is 16.5. The smallest absolute Gasteiger partial charge is 0.269 e. The quantitative estimate of drug-likeness (QED) is 0.795. The number of methoxy groups -OCH3 is 1. The van der Waals surface area contributed by atoms with Crippen molar-refractivity contribution >= 4 is 11.8 Å². The van der Waals surface area contributed by atoms with E-state index in [1.54, 1.807) is 18.2 Å². The SMILES string of the molecule is CCOc1ccc(C(=O)NNC(=O)C2CC2)cc1OC. The molecule has 1 aromatic carbocycles. The Labute approximate surface area is 117 Å². The van der Waals surface area contributed by atoms with Gasteiger partial charge in [0.25, 0.3) is 5.91 Å². The Morgan fingerprint density at radius 3 is 2.60 bits per heavy atom. The van der Waals surface area contributed by atoms with E-state index in [1.807, 2.05) is 6.92 Å². The van der Waals surface area contributed by atoms with Gasteiger partial charge < -0.3 is 9.47 Å². The highest BCUT2D eigenvalue weighted by Gasteiger charge is 2.29. The lowest BCUT2D eigenvalue weighted by Crippen LogP contribution is -2.42. The molecule has 0 atom stereocenters. The maximum absolute atomic E-state index is 11.9. The minimum atomic E-state index is -0.389. The van der Waals surface area contributed by atoms with Gasteiger partial charge in [-0.3, -0.25) is 20.4 Å². The molecule has 0 bridgehead atoms. The number of hydrogen-bond donors (Lipinski definition) is 2. The molecule has 0 spiro atoms. The number of benzene rings is 1. The van der Waals surface area contributed by atoms with Gasteiger partial charge in [0.2, 0.25) is 5.91 Å². The van der Waals surface area contributed by atoms with E-state index in [0.29, 0.717) is 23.7 Å². The molecule has 20 heavy (non-hydrogen) atoms. The van der Waals surface area contributed by atoms with Crippen LogP contribution in [0.3, 0.4) is 0 Å². The van der Waals surface area contributed by atoms with Crippen molar-refractivity contribution in [3.63, 3.8) is 0 Å². The zero-order valence-corrected chi connectivity index (χ0v) is 11.6. The van der Waals surface area contributed by atoms with E-state index >= 15 is 0 Å². The first kappa shape index (κ1) is 14.2. The second-order valence-corrected chi connectivity index (χ2v) is 4.52. The van der Waals surface area contributed by atoms with Crippen LogP contribution in [0.25, 0.3) is 0 Å². The molecule has 0 unspecified atom stereocenters. The number of rotatable bonds is 5. The van der Waals surface area contributed by atoms with Gasteiger partial charge in [0, 0.05) is 11.5 Å². The van der Waals surface area contributed by atoms with Crippen molar-refractivity contribution in [2.24, 2.45) is 5.92 Å². The van der Waals surface area contributed by atoms with Gasteiger partial charge in [0.1, 0.15) is 0 Å². The molecule has 0 heterocycles. The Hall–Kier alpha value is -2.24. The van der Waals surface area contributed by atoms with Crippen molar-refractivity contribution in [2.45, 2.75) is 19.8 Å². The van der Waals surface area contributed by atoms with Crippen LogP contribution in [0, 0.1) is 5.92 Å². The van der Waals surface area contributed by atoms with E-state index in [1.165, 1.54) is 7.11 Å². The molecular formula is C14H18N2O4. The molecule has 1 aliphatic carbocycles. The van der Waals surface area contributed by atoms with Crippen molar-refractivity contribution in [3.05, 3.63) is 23.8 Å². The first-order valence-corrected chi connectivity index (χ1v) is 6.56. The summed E-state index contributed by atoms with van der Waals surface area (Å²) in [7, 11) is 1.51. The van der Waals surface area contributed by atoms with Gasteiger partial charge in [0.15, 0.2) is 11.5 Å². The van der Waals surface area contributed by atoms with E-state index in [2.05, 4.69) is 10.9 Å². The topological polar surface area (TPSA) is 76.7 Å². The highest BCUT2D eigenvalue weighted by Crippen LogP contribution is 2.29. The van der Waals surface area contributed by atoms with Crippen LogP contribution in [-0.4, -0.2) is 25.5 Å². The lowest BCUT2D eigenvalue weighted by atomic mass is 10.2. The number of carbonyl (C=O) groups excluding carboxylic acids is 2. The Morgan fingerprint density at radius 2 is 2.00 bits per heavy atom. The molecule has 2 amide bonds. The van der Waals surface area contributed by atoms with Gasteiger partial charge in [-0.15, -0.1) is 0 Å². The summed E-state index contributed by atoms with van der Waals surface area (Å²) in [4.78, 5) is 23.3. The molecule has 108 valence electrons. The summed E-state index contributed by atoms with van der Waals surface area (Å²) >= 11 is 0. The van der Waals surface area contributed by atoms with E-state index in [9.17, 15) is 9.59 Å². The third kappa shape index (κ3) is 3.40. The fourth-order valence-electron chi connectivity index (χ4n) is 1.72. The van der Waals surface area contributed by atoms with Crippen LogP contribution in [0.2, 0.25) is 0 Å². The molecule has 6 nitrogen and oxygen atoms in total. The fraction of sp³-hybridized carbons (Fsp3) is 0.429. The normalized spacial score (nSPS) is 13.5. The summed E-state index contributed by atoms with van der Waals surface area (Å²) in [6, 6.07) is 4.86. The molecule has 0 aromatic heterocycles. The number of nitrogens with one attached hydrogen (secondary N) is 2. The average molecular weight is 278 g/mol. The standard InChI is InChI=1S/C14H18N2O4/c1-3-20-11-7-6-10(8-12(11)19-2)14(18)16-15-13(17)9-4-5-9/h6-9H,3-5H2,1-2H3,(H,15,17)(H,16,18). The second-order valence-electron chi connectivity index (χ2n) is 4.52. The van der Waals surface area contributed by atoms with Crippen molar-refractivity contribution in [1.82, 2.24) is 10.9 Å². The van der Waals surface area contributed by atoms with Gasteiger partial charge in [-0.1, -0.05) is 0 Å². The molecule has 1 fully saturated rings. The van der Waals surface area contributed by atoms with E-state index in [-0.39, 0.29) is 17.7 Å². The number of carbonyl (C=O) groups is 2. The minimum Gasteiger partial charge on any atom is -0.493 e.